The molecule has 0 radical (unpaired) electrons. The zero-order chi connectivity index (χ0) is 16.9. The Bertz CT molecular complexity index is 767. The predicted molar refractivity (Wildman–Crippen MR) is 93.2 cm³/mol. The molecule has 124 valence electrons. The third kappa shape index (κ3) is 4.02. The normalized spacial score (nSPS) is 13.0. The van der Waals surface area contributed by atoms with E-state index in [4.69, 9.17) is 4.74 Å². The minimum Gasteiger partial charge on any atom is -0.452 e. The zero-order valence-electron chi connectivity index (χ0n) is 13.8. The quantitative estimate of drug-likeness (QED) is 0.874. The minimum atomic E-state index is -0.456. The first-order valence-corrected chi connectivity index (χ1v) is 8.27. The number of hydrogen-bond donors (Lipinski definition) is 1. The van der Waals surface area contributed by atoms with E-state index in [1.54, 1.807) is 12.1 Å². The van der Waals surface area contributed by atoms with Gasteiger partial charge in [-0.25, -0.2) is 4.79 Å². The number of aryl methyl sites for hydroxylation is 3. The highest BCUT2D eigenvalue weighted by Crippen LogP contribution is 2.22. The van der Waals surface area contributed by atoms with Crippen molar-refractivity contribution in [2.45, 2.75) is 32.6 Å². The Morgan fingerprint density at radius 1 is 1.04 bits per heavy atom. The fraction of sp³-hybridized carbons (Fsp3) is 0.300. The van der Waals surface area contributed by atoms with Gasteiger partial charge in [-0.2, -0.15) is 0 Å². The van der Waals surface area contributed by atoms with Gasteiger partial charge in [0.05, 0.1) is 5.56 Å². The van der Waals surface area contributed by atoms with Crippen LogP contribution in [0.4, 0.5) is 5.69 Å². The van der Waals surface area contributed by atoms with Crippen LogP contribution < -0.4 is 5.32 Å². The highest BCUT2D eigenvalue weighted by molar-refractivity contribution is 5.95. The standard InChI is InChI=1S/C20H21NO3/c1-14-5-4-8-18(11-14)21-19(22)13-24-20(23)17-10-9-15-6-2-3-7-16(15)12-17/h4-5,8-12H,2-3,6-7,13H2,1H3,(H,21,22). The van der Waals surface area contributed by atoms with Crippen molar-refractivity contribution in [1.29, 1.82) is 0 Å². The highest BCUT2D eigenvalue weighted by atomic mass is 16.5. The van der Waals surface area contributed by atoms with Crippen LogP contribution in [0.1, 0.15) is 39.9 Å². The maximum absolute atomic E-state index is 12.1. The lowest BCUT2D eigenvalue weighted by Gasteiger charge is -2.16. The molecule has 0 heterocycles. The van der Waals surface area contributed by atoms with Gasteiger partial charge in [0.15, 0.2) is 6.61 Å². The summed E-state index contributed by atoms with van der Waals surface area (Å²) in [6, 6.07) is 13.2. The van der Waals surface area contributed by atoms with Gasteiger partial charge in [-0.3, -0.25) is 4.79 Å². The van der Waals surface area contributed by atoms with Crippen molar-refractivity contribution in [2.24, 2.45) is 0 Å². The van der Waals surface area contributed by atoms with Crippen molar-refractivity contribution in [3.8, 4) is 0 Å². The van der Waals surface area contributed by atoms with Crippen molar-refractivity contribution < 1.29 is 14.3 Å². The molecule has 0 unspecified atom stereocenters. The van der Waals surface area contributed by atoms with Crippen molar-refractivity contribution in [2.75, 3.05) is 11.9 Å². The van der Waals surface area contributed by atoms with Crippen LogP contribution in [-0.4, -0.2) is 18.5 Å². The molecular weight excluding hydrogens is 302 g/mol. The molecule has 4 nitrogen and oxygen atoms in total. The summed E-state index contributed by atoms with van der Waals surface area (Å²) in [4.78, 5) is 24.0. The van der Waals surface area contributed by atoms with Gasteiger partial charge in [-0.05, 0) is 73.6 Å². The van der Waals surface area contributed by atoms with Gasteiger partial charge in [0.25, 0.3) is 5.91 Å². The summed E-state index contributed by atoms with van der Waals surface area (Å²) >= 11 is 0. The fourth-order valence-electron chi connectivity index (χ4n) is 2.99. The second-order valence-corrected chi connectivity index (χ2v) is 6.18. The number of carbonyl (C=O) groups excluding carboxylic acids is 2. The summed E-state index contributed by atoms with van der Waals surface area (Å²) in [6.07, 6.45) is 4.44. The zero-order valence-corrected chi connectivity index (χ0v) is 13.8. The Balaban J connectivity index is 1.56. The SMILES string of the molecule is Cc1cccc(NC(=O)COC(=O)c2ccc3c(c2)CCCC3)c1. The minimum absolute atomic E-state index is 0.288. The second-order valence-electron chi connectivity index (χ2n) is 6.18. The van der Waals surface area contributed by atoms with Gasteiger partial charge in [0.2, 0.25) is 0 Å². The Morgan fingerprint density at radius 3 is 2.62 bits per heavy atom. The van der Waals surface area contributed by atoms with Crippen molar-refractivity contribution in [1.82, 2.24) is 0 Å². The number of benzene rings is 2. The molecule has 0 aliphatic heterocycles. The molecule has 1 N–H and O–H groups in total. The molecule has 0 atom stereocenters. The Hall–Kier alpha value is -2.62. The second kappa shape index (κ2) is 7.30. The van der Waals surface area contributed by atoms with E-state index < -0.39 is 5.97 Å². The summed E-state index contributed by atoms with van der Waals surface area (Å²) in [7, 11) is 0. The largest absolute Gasteiger partial charge is 0.452 e. The predicted octanol–water partition coefficient (Wildman–Crippen LogP) is 3.67. The first kappa shape index (κ1) is 16.2. The number of amides is 1. The van der Waals surface area contributed by atoms with E-state index in [0.29, 0.717) is 11.3 Å². The third-order valence-electron chi connectivity index (χ3n) is 4.22. The third-order valence-corrected chi connectivity index (χ3v) is 4.22. The number of rotatable bonds is 4. The smallest absolute Gasteiger partial charge is 0.338 e. The van der Waals surface area contributed by atoms with Gasteiger partial charge in [0, 0.05) is 5.69 Å². The molecule has 2 aromatic carbocycles. The number of esters is 1. The summed E-state index contributed by atoms with van der Waals surface area (Å²) in [6.45, 7) is 1.66. The molecule has 3 rings (SSSR count). The molecule has 0 saturated heterocycles. The van der Waals surface area contributed by atoms with Crippen molar-refractivity contribution in [3.63, 3.8) is 0 Å². The number of hydrogen-bond acceptors (Lipinski definition) is 3. The first-order valence-electron chi connectivity index (χ1n) is 8.27. The lowest BCUT2D eigenvalue weighted by Crippen LogP contribution is -2.21. The number of anilines is 1. The van der Waals surface area contributed by atoms with Crippen LogP contribution in [0.25, 0.3) is 0 Å². The van der Waals surface area contributed by atoms with Crippen LogP contribution >= 0.6 is 0 Å². The fourth-order valence-corrected chi connectivity index (χ4v) is 2.99. The number of carbonyl (C=O) groups is 2. The van der Waals surface area contributed by atoms with E-state index in [2.05, 4.69) is 5.32 Å². The molecule has 1 aliphatic carbocycles. The van der Waals surface area contributed by atoms with Crippen LogP contribution in [-0.2, 0) is 22.4 Å². The number of ether oxygens (including phenoxy) is 1. The summed E-state index contributed by atoms with van der Waals surface area (Å²) in [5.74, 6) is -0.797. The molecule has 4 heteroatoms. The summed E-state index contributed by atoms with van der Waals surface area (Å²) in [5, 5.41) is 2.72. The monoisotopic (exact) mass is 323 g/mol. The molecule has 0 aromatic heterocycles. The van der Waals surface area contributed by atoms with E-state index in [1.807, 2.05) is 37.3 Å². The lowest BCUT2D eigenvalue weighted by atomic mass is 9.90. The van der Waals surface area contributed by atoms with Gasteiger partial charge in [0.1, 0.15) is 0 Å². The van der Waals surface area contributed by atoms with Crippen molar-refractivity contribution in [3.05, 3.63) is 64.7 Å². The Kier molecular flexibility index (Phi) is 4.94. The van der Waals surface area contributed by atoms with Crippen LogP contribution in [0.5, 0.6) is 0 Å². The summed E-state index contributed by atoms with van der Waals surface area (Å²) in [5.41, 5.74) is 4.80. The molecule has 1 aliphatic rings. The lowest BCUT2D eigenvalue weighted by molar-refractivity contribution is -0.119. The maximum Gasteiger partial charge on any atom is 0.338 e. The molecule has 24 heavy (non-hydrogen) atoms. The van der Waals surface area contributed by atoms with E-state index in [-0.39, 0.29) is 12.5 Å². The topological polar surface area (TPSA) is 55.4 Å². The Labute approximate surface area is 141 Å². The first-order chi connectivity index (χ1) is 11.6. The van der Waals surface area contributed by atoms with Gasteiger partial charge in [-0.1, -0.05) is 18.2 Å². The maximum atomic E-state index is 12.1. The van der Waals surface area contributed by atoms with Crippen LogP contribution in [0.15, 0.2) is 42.5 Å². The number of nitrogens with one attached hydrogen (secondary N) is 1. The van der Waals surface area contributed by atoms with Crippen LogP contribution in [0, 0.1) is 6.92 Å². The average molecular weight is 323 g/mol. The molecule has 0 fully saturated rings. The van der Waals surface area contributed by atoms with Crippen LogP contribution in [0.3, 0.4) is 0 Å². The highest BCUT2D eigenvalue weighted by Gasteiger charge is 2.15. The molecule has 2 aromatic rings. The molecular formula is C20H21NO3. The molecule has 0 saturated carbocycles. The molecule has 1 amide bonds. The van der Waals surface area contributed by atoms with E-state index in [0.717, 1.165) is 24.8 Å². The van der Waals surface area contributed by atoms with Crippen molar-refractivity contribution >= 4 is 17.6 Å². The molecule has 0 spiro atoms. The van der Waals surface area contributed by atoms with Gasteiger partial charge < -0.3 is 10.1 Å². The van der Waals surface area contributed by atoms with Gasteiger partial charge >= 0.3 is 5.97 Å². The van der Waals surface area contributed by atoms with E-state index in [1.165, 1.54) is 17.5 Å². The average Bonchev–Trinajstić information content (AvgIpc) is 2.59. The van der Waals surface area contributed by atoms with Crippen LogP contribution in [0.2, 0.25) is 0 Å². The Morgan fingerprint density at radius 2 is 1.83 bits per heavy atom. The van der Waals surface area contributed by atoms with E-state index >= 15 is 0 Å². The van der Waals surface area contributed by atoms with E-state index in [9.17, 15) is 9.59 Å². The number of fused-ring (bicyclic) bond motifs is 1. The summed E-state index contributed by atoms with van der Waals surface area (Å²) < 4.78 is 5.13. The van der Waals surface area contributed by atoms with Gasteiger partial charge in [-0.15, -0.1) is 0 Å². The molecule has 0 bridgehead atoms.